The third-order valence-electron chi connectivity index (χ3n) is 19.7. The molecule has 0 aromatic heterocycles. The Labute approximate surface area is 710 Å². The fourth-order valence-corrected chi connectivity index (χ4v) is 12.5. The zero-order valence-electron chi connectivity index (χ0n) is 70.8. The molecule has 0 aromatic carbocycles. The average Bonchev–Trinajstić information content (AvgIpc) is 0.864. The Morgan fingerprint density at radius 3 is 0.355 bits per heavy atom. The lowest BCUT2D eigenvalue weighted by atomic mass is 10.0. The van der Waals surface area contributed by atoms with E-state index in [1.54, 1.807) is 0 Å². The normalized spacial score (nSPS) is 15.0. The first-order valence-corrected chi connectivity index (χ1v) is 42.7. The molecule has 0 saturated heterocycles. The van der Waals surface area contributed by atoms with Crippen molar-refractivity contribution in [2.24, 2.45) is 91.7 Å². The fourth-order valence-electron chi connectivity index (χ4n) is 12.5. The number of aliphatic carboxylic acids is 1. The molecule has 698 valence electrons. The number of nitrogens with one attached hydrogen (secondary N) is 14. The number of hydrogen-bond acceptors (Lipinski definition) is 31. The minimum absolute atomic E-state index is 0.000555. The number of carbonyl (C=O) groups excluding carboxylic acids is 14. The first kappa shape index (κ1) is 112. The van der Waals surface area contributed by atoms with Gasteiger partial charge >= 0.3 is 5.97 Å². The standard InChI is InChI=1S/C75H152N30O16/c76-31-1-16-46(91)61(106)92-47(17-2-32-77)62(107)93-48(18-3-33-78)63(108)94-49(19-4-34-79)64(109)95-50(20-5-35-80)65(110)96-51(21-6-36-81)66(111)97-52(22-7-37-82)67(112)98-53(23-8-38-83)68(113)99-54(24-9-39-84)69(114)100-55(25-10-40-85)70(115)101-56(26-11-41-86)71(116)102-57(27-12-42-87)72(117)103-58(28-13-43-88)73(118)104-59(29-14-44-89)74(119)105-60(75(120)121)30-15-45-90/h46-60H,1-45,76-91H2,(H,92,106)(H,93,107)(H,94,108)(H,95,109)(H,96,110)(H,97,111)(H,98,112)(H,99,113)(H,100,114)(H,101,115)(H,102,116)(H,103,117)(H,104,118)(H,105,119)(H,120,121)/t46-,47-,48-,49-,50-,51-,52-,53-,54-,55-,56-,57-,58-,59-,60-/m0/s1. The molecule has 0 bridgehead atoms. The van der Waals surface area contributed by atoms with E-state index in [9.17, 15) is 77.0 Å². The first-order valence-electron chi connectivity index (χ1n) is 42.7. The molecule has 0 spiro atoms. The molecule has 0 fully saturated rings. The first-order chi connectivity index (χ1) is 58.0. The van der Waals surface area contributed by atoms with Gasteiger partial charge in [0, 0.05) is 0 Å². The smallest absolute Gasteiger partial charge is 0.326 e. The van der Waals surface area contributed by atoms with Crippen molar-refractivity contribution in [1.29, 1.82) is 0 Å². The van der Waals surface area contributed by atoms with Gasteiger partial charge in [0.2, 0.25) is 82.7 Å². The maximum absolute atomic E-state index is 14.6. The Kier molecular flexibility index (Phi) is 64.0. The summed E-state index contributed by atoms with van der Waals surface area (Å²) in [5, 5.41) is 46.8. The van der Waals surface area contributed by atoms with Crippen molar-refractivity contribution in [3.05, 3.63) is 0 Å². The molecule has 46 nitrogen and oxygen atoms in total. The molecule has 15 atom stereocenters. The molecule has 0 unspecified atom stereocenters. The average molecular weight is 1730 g/mol. The van der Waals surface area contributed by atoms with Crippen molar-refractivity contribution in [2.45, 2.75) is 283 Å². The van der Waals surface area contributed by atoms with Crippen LogP contribution in [0.4, 0.5) is 0 Å². The molecule has 0 radical (unpaired) electrons. The molecule has 46 heteroatoms. The zero-order chi connectivity index (χ0) is 91.0. The van der Waals surface area contributed by atoms with Gasteiger partial charge in [-0.25, -0.2) is 4.79 Å². The van der Waals surface area contributed by atoms with Crippen molar-refractivity contribution in [3.8, 4) is 0 Å². The number of carboxylic acids is 1. The summed E-state index contributed by atoms with van der Waals surface area (Å²) in [6, 6.07) is -20.0. The molecule has 14 amide bonds. The lowest BCUT2D eigenvalue weighted by Crippen LogP contribution is -2.61. The van der Waals surface area contributed by atoms with E-state index in [0.717, 1.165) is 0 Å². The highest BCUT2D eigenvalue weighted by molar-refractivity contribution is 6.00. The number of carboxylic acid groups (broad SMARTS) is 1. The minimum Gasteiger partial charge on any atom is -0.480 e. The third-order valence-corrected chi connectivity index (χ3v) is 19.7. The van der Waals surface area contributed by atoms with Crippen molar-refractivity contribution in [3.63, 3.8) is 0 Å². The summed E-state index contributed by atoms with van der Waals surface area (Å²) >= 11 is 0. The molecule has 0 aliphatic heterocycles. The van der Waals surface area contributed by atoms with Crippen LogP contribution < -0.4 is 166 Å². The summed E-state index contributed by atoms with van der Waals surface area (Å²) in [5.41, 5.74) is 93.6. The van der Waals surface area contributed by atoms with E-state index in [1.807, 2.05) is 0 Å². The Morgan fingerprint density at radius 2 is 0.248 bits per heavy atom. The van der Waals surface area contributed by atoms with E-state index >= 15 is 0 Å². The molecule has 47 N–H and O–H groups in total. The minimum atomic E-state index is -1.43. The Bertz CT molecular complexity index is 3000. The van der Waals surface area contributed by atoms with Gasteiger partial charge in [-0.3, -0.25) is 67.1 Å². The van der Waals surface area contributed by atoms with Crippen molar-refractivity contribution in [1.82, 2.24) is 74.4 Å². The highest BCUT2D eigenvalue weighted by Gasteiger charge is 2.38. The maximum atomic E-state index is 14.6. The topological polar surface area (TPSA) is 861 Å². The Morgan fingerprint density at radius 1 is 0.157 bits per heavy atom. The van der Waals surface area contributed by atoms with E-state index in [-0.39, 0.29) is 278 Å². The molecular weight excluding hydrogens is 1580 g/mol. The molecule has 0 rings (SSSR count). The number of rotatable bonds is 74. The molecule has 0 aliphatic carbocycles. The van der Waals surface area contributed by atoms with Gasteiger partial charge in [-0.05, 0) is 291 Å². The fraction of sp³-hybridized carbons (Fsp3) is 0.800. The molecule has 0 aliphatic rings. The van der Waals surface area contributed by atoms with Gasteiger partial charge in [-0.2, -0.15) is 0 Å². The summed E-state index contributed by atoms with van der Waals surface area (Å²) < 4.78 is 0. The largest absolute Gasteiger partial charge is 0.480 e. The van der Waals surface area contributed by atoms with Crippen LogP contribution in [0.15, 0.2) is 0 Å². The van der Waals surface area contributed by atoms with Gasteiger partial charge in [0.05, 0.1) is 6.04 Å². The highest BCUT2D eigenvalue weighted by Crippen LogP contribution is 2.14. The Hall–Kier alpha value is -8.59. The van der Waals surface area contributed by atoms with Gasteiger partial charge in [0.25, 0.3) is 0 Å². The van der Waals surface area contributed by atoms with Gasteiger partial charge in [-0.1, -0.05) is 0 Å². The molecule has 121 heavy (non-hydrogen) atoms. The van der Waals surface area contributed by atoms with Crippen molar-refractivity contribution in [2.75, 3.05) is 98.2 Å². The summed E-state index contributed by atoms with van der Waals surface area (Å²) in [6.45, 7) is 1.32. The van der Waals surface area contributed by atoms with Crippen molar-refractivity contribution < 1.29 is 77.0 Å². The summed E-state index contributed by atoms with van der Waals surface area (Å²) in [6.07, 6.45) is 2.74. The predicted octanol–water partition coefficient (Wildman–Crippen LogP) is -11.7. The van der Waals surface area contributed by atoms with Crippen LogP contribution in [0.5, 0.6) is 0 Å². The van der Waals surface area contributed by atoms with Crippen LogP contribution in [-0.2, 0) is 71.9 Å². The predicted molar refractivity (Wildman–Crippen MR) is 457 cm³/mol. The molecule has 0 saturated carbocycles. The highest BCUT2D eigenvalue weighted by atomic mass is 16.4. The second-order valence-electron chi connectivity index (χ2n) is 29.8. The number of carbonyl (C=O) groups is 15. The van der Waals surface area contributed by atoms with Crippen molar-refractivity contribution >= 4 is 88.7 Å². The Balaban J connectivity index is 7.15. The SMILES string of the molecule is NCCC[C@H](NC(=O)[C@H](CCCN)NC(=O)[C@H](CCCN)NC(=O)[C@H](CCCN)NC(=O)[C@H](CCCN)NC(=O)[C@H](CCCN)NC(=O)[C@H](CCCN)NC(=O)[C@H](CCCN)NC(=O)[C@H](CCCN)NC(=O)[C@H](CCCN)NC(=O)[C@H](CCCN)NC(=O)[C@H](CCCN)NC(=O)[C@H](CCCN)NC(=O)[C@H](CCCN)NC(=O)[C@@H](N)CCCN)C(=O)O. The van der Waals surface area contributed by atoms with E-state index in [4.69, 9.17) is 91.7 Å². The third kappa shape index (κ3) is 47.6. The van der Waals surface area contributed by atoms with Gasteiger partial charge in [0.15, 0.2) is 0 Å². The van der Waals surface area contributed by atoms with Crippen LogP contribution in [0, 0.1) is 0 Å². The molecule has 0 heterocycles. The van der Waals surface area contributed by atoms with Crippen LogP contribution in [0.2, 0.25) is 0 Å². The number of nitrogens with two attached hydrogens (primary N) is 16. The molecular formula is C75H152N30O16. The van der Waals surface area contributed by atoms with Crippen LogP contribution in [-0.4, -0.2) is 283 Å². The molecule has 0 aromatic rings. The van der Waals surface area contributed by atoms with E-state index in [1.165, 1.54) is 0 Å². The van der Waals surface area contributed by atoms with E-state index < -0.39 is 179 Å². The summed E-state index contributed by atoms with van der Waals surface area (Å²) in [5.74, 6) is -13.0. The number of amides is 14. The van der Waals surface area contributed by atoms with Crippen LogP contribution in [0.1, 0.15) is 193 Å². The summed E-state index contributed by atoms with van der Waals surface area (Å²) in [7, 11) is 0. The van der Waals surface area contributed by atoms with Gasteiger partial charge in [0.1, 0.15) is 84.6 Å². The van der Waals surface area contributed by atoms with Crippen LogP contribution >= 0.6 is 0 Å². The number of hydrogen-bond donors (Lipinski definition) is 31. The zero-order valence-corrected chi connectivity index (χ0v) is 70.8. The van der Waals surface area contributed by atoms with E-state index in [0.29, 0.717) is 12.8 Å². The van der Waals surface area contributed by atoms with E-state index in [2.05, 4.69) is 74.4 Å². The lowest BCUT2D eigenvalue weighted by molar-refractivity contribution is -0.142. The second-order valence-corrected chi connectivity index (χ2v) is 29.8. The quantitative estimate of drug-likeness (QED) is 0.0269. The lowest BCUT2D eigenvalue weighted by Gasteiger charge is -2.29. The summed E-state index contributed by atoms with van der Waals surface area (Å²) in [4.78, 5) is 211. The maximum Gasteiger partial charge on any atom is 0.326 e. The monoisotopic (exact) mass is 1730 g/mol. The van der Waals surface area contributed by atoms with Gasteiger partial charge in [-0.15, -0.1) is 0 Å². The van der Waals surface area contributed by atoms with Crippen LogP contribution in [0.3, 0.4) is 0 Å². The van der Waals surface area contributed by atoms with Gasteiger partial charge < -0.3 is 171 Å². The van der Waals surface area contributed by atoms with Crippen LogP contribution in [0.25, 0.3) is 0 Å². The second kappa shape index (κ2) is 68.9.